The van der Waals surface area contributed by atoms with Crippen LogP contribution in [0.2, 0.25) is 0 Å². The van der Waals surface area contributed by atoms with E-state index in [9.17, 15) is 9.90 Å². The highest BCUT2D eigenvalue weighted by Crippen LogP contribution is 2.21. The summed E-state index contributed by atoms with van der Waals surface area (Å²) in [5.74, 6) is -0.0301. The molecule has 2 N–H and O–H groups in total. The molecule has 0 aromatic rings. The molecule has 1 aliphatic carbocycles. The summed E-state index contributed by atoms with van der Waals surface area (Å²) >= 11 is 0. The highest BCUT2D eigenvalue weighted by atomic mass is 16.3. The van der Waals surface area contributed by atoms with Crippen LogP contribution in [0.4, 0.5) is 0 Å². The third kappa shape index (κ3) is 2.40. The monoisotopic (exact) mass is 194 g/mol. The van der Waals surface area contributed by atoms with Crippen LogP contribution in [0.15, 0.2) is 36.0 Å². The van der Waals surface area contributed by atoms with Crippen LogP contribution in [-0.4, -0.2) is 28.7 Å². The quantitative estimate of drug-likeness (QED) is 0.651. The maximum atomic E-state index is 11.4. The van der Waals surface area contributed by atoms with Crippen LogP contribution >= 0.6 is 0 Å². The fourth-order valence-electron chi connectivity index (χ4n) is 1.44. The van der Waals surface area contributed by atoms with E-state index in [4.69, 9.17) is 5.11 Å². The van der Waals surface area contributed by atoms with E-state index < -0.39 is 6.10 Å². The maximum Gasteiger partial charge on any atom is 0.163 e. The summed E-state index contributed by atoms with van der Waals surface area (Å²) < 4.78 is 0. The van der Waals surface area contributed by atoms with Gasteiger partial charge < -0.3 is 10.2 Å². The van der Waals surface area contributed by atoms with Gasteiger partial charge in [0.1, 0.15) is 0 Å². The summed E-state index contributed by atoms with van der Waals surface area (Å²) in [4.78, 5) is 11.4. The van der Waals surface area contributed by atoms with Gasteiger partial charge in [-0.05, 0) is 18.1 Å². The van der Waals surface area contributed by atoms with Gasteiger partial charge in [-0.1, -0.05) is 18.7 Å². The molecule has 0 saturated heterocycles. The predicted molar refractivity (Wildman–Crippen MR) is 53.7 cm³/mol. The van der Waals surface area contributed by atoms with Gasteiger partial charge in [0.25, 0.3) is 0 Å². The van der Waals surface area contributed by atoms with Crippen molar-refractivity contribution in [2.45, 2.75) is 18.9 Å². The van der Waals surface area contributed by atoms with Crippen LogP contribution in [0.25, 0.3) is 0 Å². The lowest BCUT2D eigenvalue weighted by atomic mass is 9.91. The van der Waals surface area contributed by atoms with Gasteiger partial charge in [-0.15, -0.1) is 0 Å². The molecular formula is C11H14O3. The first-order chi connectivity index (χ1) is 6.69. The highest BCUT2D eigenvalue weighted by Gasteiger charge is 2.20. The molecule has 0 radical (unpaired) electrons. The minimum absolute atomic E-state index is 0.0301. The molecule has 1 rings (SSSR count). The molecule has 0 saturated carbocycles. The Hall–Kier alpha value is -1.19. The van der Waals surface area contributed by atoms with E-state index in [1.807, 2.05) is 0 Å². The Morgan fingerprint density at radius 2 is 2.43 bits per heavy atom. The molecule has 0 aromatic carbocycles. The zero-order valence-electron chi connectivity index (χ0n) is 7.94. The van der Waals surface area contributed by atoms with Crippen LogP contribution in [0.3, 0.4) is 0 Å². The SMILES string of the molecule is C=C/C=C(/CO)C1=C[C@@H](O)CCC1=O. The Bertz CT molecular complexity index is 300. The Morgan fingerprint density at radius 3 is 3.00 bits per heavy atom. The summed E-state index contributed by atoms with van der Waals surface area (Å²) in [5, 5.41) is 18.4. The summed E-state index contributed by atoms with van der Waals surface area (Å²) in [6.45, 7) is 3.29. The Morgan fingerprint density at radius 1 is 1.71 bits per heavy atom. The average Bonchev–Trinajstić information content (AvgIpc) is 2.18. The number of ketones is 1. The van der Waals surface area contributed by atoms with E-state index in [0.29, 0.717) is 24.0 Å². The predicted octanol–water partition coefficient (Wildman–Crippen LogP) is 0.741. The summed E-state index contributed by atoms with van der Waals surface area (Å²) in [7, 11) is 0. The fourth-order valence-corrected chi connectivity index (χ4v) is 1.44. The number of aliphatic hydroxyl groups excluding tert-OH is 2. The Labute approximate surface area is 83.1 Å². The maximum absolute atomic E-state index is 11.4. The molecule has 1 atom stereocenters. The van der Waals surface area contributed by atoms with E-state index in [1.54, 1.807) is 6.08 Å². The third-order valence-corrected chi connectivity index (χ3v) is 2.16. The molecule has 3 nitrogen and oxygen atoms in total. The van der Waals surface area contributed by atoms with Crippen molar-refractivity contribution in [3.8, 4) is 0 Å². The van der Waals surface area contributed by atoms with Crippen molar-refractivity contribution in [3.05, 3.63) is 36.0 Å². The van der Waals surface area contributed by atoms with Gasteiger partial charge >= 0.3 is 0 Å². The molecule has 1 aliphatic rings. The zero-order chi connectivity index (χ0) is 10.6. The number of hydrogen-bond acceptors (Lipinski definition) is 3. The van der Waals surface area contributed by atoms with Crippen molar-refractivity contribution >= 4 is 5.78 Å². The van der Waals surface area contributed by atoms with E-state index in [2.05, 4.69) is 6.58 Å². The Balaban J connectivity index is 2.98. The molecule has 0 heterocycles. The minimum atomic E-state index is -0.581. The number of rotatable bonds is 3. The lowest BCUT2D eigenvalue weighted by molar-refractivity contribution is -0.116. The summed E-state index contributed by atoms with van der Waals surface area (Å²) in [6, 6.07) is 0. The van der Waals surface area contributed by atoms with Crippen molar-refractivity contribution in [1.29, 1.82) is 0 Å². The number of hydrogen-bond donors (Lipinski definition) is 2. The number of aliphatic hydroxyl groups is 2. The summed E-state index contributed by atoms with van der Waals surface area (Å²) in [5.41, 5.74) is 0.940. The van der Waals surface area contributed by atoms with Crippen molar-refractivity contribution in [2.75, 3.05) is 6.61 Å². The highest BCUT2D eigenvalue weighted by molar-refractivity contribution is 6.00. The smallest absolute Gasteiger partial charge is 0.163 e. The van der Waals surface area contributed by atoms with Gasteiger partial charge in [-0.25, -0.2) is 0 Å². The zero-order valence-corrected chi connectivity index (χ0v) is 7.94. The van der Waals surface area contributed by atoms with Crippen LogP contribution < -0.4 is 0 Å². The first kappa shape index (κ1) is 10.9. The van der Waals surface area contributed by atoms with Gasteiger partial charge in [0, 0.05) is 12.0 Å². The van der Waals surface area contributed by atoms with Gasteiger partial charge in [-0.3, -0.25) is 4.79 Å². The largest absolute Gasteiger partial charge is 0.392 e. The fraction of sp³-hybridized carbons (Fsp3) is 0.364. The van der Waals surface area contributed by atoms with Crippen LogP contribution in [0.1, 0.15) is 12.8 Å². The van der Waals surface area contributed by atoms with Crippen molar-refractivity contribution in [3.63, 3.8) is 0 Å². The second-order valence-electron chi connectivity index (χ2n) is 3.20. The molecule has 3 heteroatoms. The molecular weight excluding hydrogens is 180 g/mol. The van der Waals surface area contributed by atoms with E-state index in [0.717, 1.165) is 0 Å². The lowest BCUT2D eigenvalue weighted by Crippen LogP contribution is -2.19. The van der Waals surface area contributed by atoms with E-state index in [-0.39, 0.29) is 12.4 Å². The van der Waals surface area contributed by atoms with Crippen molar-refractivity contribution in [2.24, 2.45) is 0 Å². The Kier molecular flexibility index (Phi) is 3.80. The van der Waals surface area contributed by atoms with E-state index >= 15 is 0 Å². The minimum Gasteiger partial charge on any atom is -0.392 e. The first-order valence-corrected chi connectivity index (χ1v) is 4.55. The lowest BCUT2D eigenvalue weighted by Gasteiger charge is -2.17. The number of allylic oxidation sites excluding steroid dienone is 2. The second kappa shape index (κ2) is 4.88. The topological polar surface area (TPSA) is 57.5 Å². The van der Waals surface area contributed by atoms with Gasteiger partial charge in [0.15, 0.2) is 5.78 Å². The number of carbonyl (C=O) groups excluding carboxylic acids is 1. The summed E-state index contributed by atoms with van der Waals surface area (Å²) in [6.07, 6.45) is 4.82. The normalized spacial score (nSPS) is 23.3. The van der Waals surface area contributed by atoms with Crippen LogP contribution in [-0.2, 0) is 4.79 Å². The molecule has 14 heavy (non-hydrogen) atoms. The van der Waals surface area contributed by atoms with E-state index in [1.165, 1.54) is 12.2 Å². The molecule has 0 amide bonds. The molecule has 0 spiro atoms. The molecule has 0 unspecified atom stereocenters. The van der Waals surface area contributed by atoms with Gasteiger partial charge in [-0.2, -0.15) is 0 Å². The van der Waals surface area contributed by atoms with Crippen LogP contribution in [0, 0.1) is 0 Å². The van der Waals surface area contributed by atoms with Crippen molar-refractivity contribution < 1.29 is 15.0 Å². The van der Waals surface area contributed by atoms with Gasteiger partial charge in [0.2, 0.25) is 0 Å². The molecule has 0 aromatic heterocycles. The van der Waals surface area contributed by atoms with Crippen LogP contribution in [0.5, 0.6) is 0 Å². The average molecular weight is 194 g/mol. The standard InChI is InChI=1S/C11H14O3/c1-2-3-8(7-12)10-6-9(13)4-5-11(10)14/h2-3,6,9,12-13H,1,4-5,7H2/b8-3-/t9-/m0/s1. The molecule has 76 valence electrons. The first-order valence-electron chi connectivity index (χ1n) is 4.55. The molecule has 0 aliphatic heterocycles. The second-order valence-corrected chi connectivity index (χ2v) is 3.20. The van der Waals surface area contributed by atoms with Gasteiger partial charge in [0.05, 0.1) is 12.7 Å². The molecule has 0 fully saturated rings. The third-order valence-electron chi connectivity index (χ3n) is 2.16. The van der Waals surface area contributed by atoms with Crippen molar-refractivity contribution in [1.82, 2.24) is 0 Å². The number of Topliss-reactive ketones (excluding diaryl/α,β-unsaturated/α-hetero) is 1. The molecule has 0 bridgehead atoms. The number of carbonyl (C=O) groups is 1.